The Bertz CT molecular complexity index is 924. The molecule has 3 heterocycles. The van der Waals surface area contributed by atoms with Crippen LogP contribution in [0.4, 0.5) is 0 Å². The number of nitrogens with zero attached hydrogens (tertiary/aromatic N) is 2. The van der Waals surface area contributed by atoms with Gasteiger partial charge in [0.25, 0.3) is 5.91 Å². The molecular weight excluding hydrogens is 368 g/mol. The van der Waals surface area contributed by atoms with Crippen molar-refractivity contribution in [1.29, 1.82) is 0 Å². The SMILES string of the molecule is Cc1cc(C)n(-c2ccc(C(=O)NC[C@@H](c3cccs3)[NH+]3CCCC3)cc2)n1. The first-order chi connectivity index (χ1) is 13.6. The molecule has 2 aromatic heterocycles. The van der Waals surface area contributed by atoms with Gasteiger partial charge in [0, 0.05) is 24.1 Å². The average molecular weight is 396 g/mol. The lowest BCUT2D eigenvalue weighted by molar-refractivity contribution is -0.918. The fraction of sp³-hybridized carbons (Fsp3) is 0.364. The third kappa shape index (κ3) is 4.03. The van der Waals surface area contributed by atoms with Crippen LogP contribution in [-0.4, -0.2) is 35.3 Å². The number of aromatic nitrogens is 2. The normalized spacial score (nSPS) is 15.6. The predicted molar refractivity (Wildman–Crippen MR) is 112 cm³/mol. The van der Waals surface area contributed by atoms with E-state index in [1.807, 2.05) is 48.9 Å². The highest BCUT2D eigenvalue weighted by Crippen LogP contribution is 2.18. The third-order valence-corrected chi connectivity index (χ3v) is 6.46. The molecule has 3 aromatic rings. The largest absolute Gasteiger partial charge is 0.346 e. The van der Waals surface area contributed by atoms with Gasteiger partial charge in [-0.1, -0.05) is 6.07 Å². The van der Waals surface area contributed by atoms with Crippen molar-refractivity contribution in [3.05, 3.63) is 69.7 Å². The summed E-state index contributed by atoms with van der Waals surface area (Å²) in [6.45, 7) is 7.07. The number of aryl methyl sites for hydroxylation is 2. The number of amides is 1. The molecular formula is C22H27N4OS+. The number of quaternary nitrogens is 1. The number of hydrogen-bond donors (Lipinski definition) is 2. The third-order valence-electron chi connectivity index (χ3n) is 5.48. The van der Waals surface area contributed by atoms with Crippen LogP contribution >= 0.6 is 11.3 Å². The molecule has 6 heteroatoms. The summed E-state index contributed by atoms with van der Waals surface area (Å²) in [5, 5.41) is 9.79. The molecule has 1 saturated heterocycles. The van der Waals surface area contributed by atoms with E-state index >= 15 is 0 Å². The lowest BCUT2D eigenvalue weighted by atomic mass is 10.1. The Kier molecular flexibility index (Phi) is 5.59. The summed E-state index contributed by atoms with van der Waals surface area (Å²) in [7, 11) is 0. The first-order valence-corrected chi connectivity index (χ1v) is 10.8. The topological polar surface area (TPSA) is 51.4 Å². The van der Waals surface area contributed by atoms with Gasteiger partial charge in [0.15, 0.2) is 0 Å². The van der Waals surface area contributed by atoms with Gasteiger partial charge in [-0.2, -0.15) is 5.10 Å². The second-order valence-corrected chi connectivity index (χ2v) is 8.51. The number of carbonyl (C=O) groups excluding carboxylic acids is 1. The number of benzene rings is 1. The first-order valence-electron chi connectivity index (χ1n) is 9.92. The second kappa shape index (κ2) is 8.29. The van der Waals surface area contributed by atoms with E-state index < -0.39 is 0 Å². The molecule has 2 N–H and O–H groups in total. The second-order valence-electron chi connectivity index (χ2n) is 7.53. The molecule has 146 valence electrons. The maximum Gasteiger partial charge on any atom is 0.251 e. The van der Waals surface area contributed by atoms with Crippen LogP contribution in [0.2, 0.25) is 0 Å². The molecule has 0 radical (unpaired) electrons. The minimum Gasteiger partial charge on any atom is -0.346 e. The predicted octanol–water partition coefficient (Wildman–Crippen LogP) is 2.70. The lowest BCUT2D eigenvalue weighted by Gasteiger charge is -2.24. The fourth-order valence-corrected chi connectivity index (χ4v) is 4.94. The summed E-state index contributed by atoms with van der Waals surface area (Å²) in [4.78, 5) is 15.7. The van der Waals surface area contributed by atoms with Crippen molar-refractivity contribution in [1.82, 2.24) is 15.1 Å². The number of likely N-dealkylation sites (tertiary alicyclic amines) is 1. The minimum absolute atomic E-state index is 0.0138. The van der Waals surface area contributed by atoms with Gasteiger partial charge in [0.05, 0.1) is 35.9 Å². The van der Waals surface area contributed by atoms with Crippen molar-refractivity contribution < 1.29 is 9.69 Å². The summed E-state index contributed by atoms with van der Waals surface area (Å²) < 4.78 is 1.90. The van der Waals surface area contributed by atoms with Gasteiger partial charge in [-0.15, -0.1) is 11.3 Å². The Hall–Kier alpha value is -2.44. The highest BCUT2D eigenvalue weighted by molar-refractivity contribution is 7.10. The van der Waals surface area contributed by atoms with Gasteiger partial charge in [-0.3, -0.25) is 4.79 Å². The fourth-order valence-electron chi connectivity index (χ4n) is 4.05. The molecule has 0 unspecified atom stereocenters. The van der Waals surface area contributed by atoms with Gasteiger partial charge in [0.1, 0.15) is 6.04 Å². The van der Waals surface area contributed by atoms with E-state index in [4.69, 9.17) is 0 Å². The summed E-state index contributed by atoms with van der Waals surface area (Å²) in [5.41, 5.74) is 3.73. The van der Waals surface area contributed by atoms with Crippen LogP contribution in [-0.2, 0) is 0 Å². The van der Waals surface area contributed by atoms with Gasteiger partial charge >= 0.3 is 0 Å². The minimum atomic E-state index is -0.0138. The number of rotatable bonds is 6. The van der Waals surface area contributed by atoms with Gasteiger partial charge in [-0.25, -0.2) is 4.68 Å². The number of nitrogens with one attached hydrogen (secondary N) is 2. The molecule has 5 nitrogen and oxygen atoms in total. The maximum absolute atomic E-state index is 12.7. The zero-order valence-electron chi connectivity index (χ0n) is 16.4. The van der Waals surface area contributed by atoms with Crippen LogP contribution in [0.15, 0.2) is 47.8 Å². The van der Waals surface area contributed by atoms with Crippen molar-refractivity contribution >= 4 is 17.2 Å². The Balaban J connectivity index is 1.43. The number of carbonyl (C=O) groups is 1. The molecule has 0 aliphatic carbocycles. The molecule has 1 aliphatic rings. The van der Waals surface area contributed by atoms with Crippen molar-refractivity contribution in [3.63, 3.8) is 0 Å². The van der Waals surface area contributed by atoms with E-state index in [9.17, 15) is 4.79 Å². The molecule has 0 spiro atoms. The Labute approximate surface area is 170 Å². The smallest absolute Gasteiger partial charge is 0.251 e. The summed E-state index contributed by atoms with van der Waals surface area (Å²) in [6, 6.07) is 14.4. The van der Waals surface area contributed by atoms with Crippen LogP contribution in [0, 0.1) is 13.8 Å². The van der Waals surface area contributed by atoms with E-state index in [0.717, 1.165) is 17.1 Å². The van der Waals surface area contributed by atoms with Crippen molar-refractivity contribution in [2.75, 3.05) is 19.6 Å². The molecule has 1 fully saturated rings. The summed E-state index contributed by atoms with van der Waals surface area (Å²) in [5.74, 6) is -0.0138. The van der Waals surface area contributed by atoms with E-state index in [2.05, 4.69) is 27.9 Å². The van der Waals surface area contributed by atoms with Crippen LogP contribution in [0.5, 0.6) is 0 Å². The lowest BCUT2D eigenvalue weighted by Crippen LogP contribution is -3.11. The van der Waals surface area contributed by atoms with Gasteiger partial charge in [-0.05, 0) is 55.6 Å². The van der Waals surface area contributed by atoms with E-state index in [0.29, 0.717) is 18.2 Å². The Morgan fingerprint density at radius 2 is 1.96 bits per heavy atom. The number of thiophene rings is 1. The van der Waals surface area contributed by atoms with Crippen molar-refractivity contribution in [2.45, 2.75) is 32.7 Å². The molecule has 1 atom stereocenters. The monoisotopic (exact) mass is 395 g/mol. The standard InChI is InChI=1S/C22H26N4OS/c1-16-14-17(2)26(24-16)19-9-7-18(8-10-19)22(27)23-15-20(21-6-5-13-28-21)25-11-3-4-12-25/h5-10,13-14,20H,3-4,11-12,15H2,1-2H3,(H,23,27)/p+1/t20-/m0/s1. The molecule has 0 bridgehead atoms. The van der Waals surface area contributed by atoms with Crippen LogP contribution < -0.4 is 10.2 Å². The number of hydrogen-bond acceptors (Lipinski definition) is 3. The van der Waals surface area contributed by atoms with E-state index in [1.54, 1.807) is 16.2 Å². The molecule has 1 aliphatic heterocycles. The zero-order valence-corrected chi connectivity index (χ0v) is 17.3. The van der Waals surface area contributed by atoms with Crippen LogP contribution in [0.3, 0.4) is 0 Å². The van der Waals surface area contributed by atoms with E-state index in [1.165, 1.54) is 30.8 Å². The first kappa shape index (κ1) is 18.9. The molecule has 0 saturated carbocycles. The van der Waals surface area contributed by atoms with Crippen LogP contribution in [0.1, 0.15) is 45.5 Å². The summed E-state index contributed by atoms with van der Waals surface area (Å²) >= 11 is 1.79. The molecule has 1 aromatic carbocycles. The quantitative estimate of drug-likeness (QED) is 0.674. The Morgan fingerprint density at radius 3 is 2.57 bits per heavy atom. The maximum atomic E-state index is 12.7. The van der Waals surface area contributed by atoms with Crippen LogP contribution in [0.25, 0.3) is 5.69 Å². The zero-order chi connectivity index (χ0) is 19.5. The van der Waals surface area contributed by atoms with E-state index in [-0.39, 0.29) is 5.91 Å². The Morgan fingerprint density at radius 1 is 1.21 bits per heavy atom. The average Bonchev–Trinajstić information content (AvgIpc) is 3.45. The van der Waals surface area contributed by atoms with Crippen molar-refractivity contribution in [3.8, 4) is 5.69 Å². The van der Waals surface area contributed by atoms with Gasteiger partial charge < -0.3 is 10.2 Å². The molecule has 28 heavy (non-hydrogen) atoms. The highest BCUT2D eigenvalue weighted by atomic mass is 32.1. The van der Waals surface area contributed by atoms with Crippen molar-refractivity contribution in [2.24, 2.45) is 0 Å². The van der Waals surface area contributed by atoms with Gasteiger partial charge in [0.2, 0.25) is 0 Å². The highest BCUT2D eigenvalue weighted by Gasteiger charge is 2.28. The molecule has 1 amide bonds. The summed E-state index contributed by atoms with van der Waals surface area (Å²) in [6.07, 6.45) is 2.55. The molecule has 4 rings (SSSR count).